The summed E-state index contributed by atoms with van der Waals surface area (Å²) in [5.41, 5.74) is 2.59. The van der Waals surface area contributed by atoms with Crippen molar-refractivity contribution in [2.75, 3.05) is 61.4 Å². The molecule has 2 aliphatic rings. The zero-order valence-corrected chi connectivity index (χ0v) is 17.3. The van der Waals surface area contributed by atoms with Gasteiger partial charge < -0.3 is 20.0 Å². The van der Waals surface area contributed by atoms with E-state index in [1.165, 1.54) is 11.0 Å². The number of quaternary nitrogens is 1. The summed E-state index contributed by atoms with van der Waals surface area (Å²) in [6.45, 7) is 5.57. The molecule has 0 atom stereocenters. The first-order valence-electron chi connectivity index (χ1n) is 10.5. The van der Waals surface area contributed by atoms with E-state index >= 15 is 0 Å². The van der Waals surface area contributed by atoms with Gasteiger partial charge in [0.05, 0.1) is 49.5 Å². The first-order chi connectivity index (χ1) is 14.5. The Morgan fingerprint density at radius 3 is 2.37 bits per heavy atom. The van der Waals surface area contributed by atoms with Crippen molar-refractivity contribution in [3.63, 3.8) is 0 Å². The van der Waals surface area contributed by atoms with Crippen molar-refractivity contribution in [2.24, 2.45) is 0 Å². The van der Waals surface area contributed by atoms with Crippen LogP contribution < -0.4 is 20.0 Å². The van der Waals surface area contributed by atoms with Crippen LogP contribution in [0.2, 0.25) is 0 Å². The summed E-state index contributed by atoms with van der Waals surface area (Å²) >= 11 is 0. The molecule has 0 aromatic heterocycles. The number of hydrogen-bond donors (Lipinski definition) is 2. The zero-order valence-electron chi connectivity index (χ0n) is 17.3. The maximum absolute atomic E-state index is 12.9. The van der Waals surface area contributed by atoms with Crippen LogP contribution in [0.25, 0.3) is 0 Å². The molecule has 2 N–H and O–H groups in total. The summed E-state index contributed by atoms with van der Waals surface area (Å²) in [6, 6.07) is 12.5. The highest BCUT2D eigenvalue weighted by molar-refractivity contribution is 6.06. The maximum Gasteiger partial charge on any atom is 0.293 e. The summed E-state index contributed by atoms with van der Waals surface area (Å²) in [7, 11) is 2.18. The number of carbonyl (C=O) groups excluding carboxylic acids is 1. The quantitative estimate of drug-likeness (QED) is 0.580. The summed E-state index contributed by atoms with van der Waals surface area (Å²) < 4.78 is 0. The van der Waals surface area contributed by atoms with Gasteiger partial charge in [0.15, 0.2) is 0 Å². The number of likely N-dealkylation sites (N-methyl/N-ethyl adjacent to an activating group) is 1. The molecule has 0 spiro atoms. The number of nitro groups is 1. The third-order valence-electron chi connectivity index (χ3n) is 5.99. The van der Waals surface area contributed by atoms with Gasteiger partial charge in [-0.2, -0.15) is 0 Å². The van der Waals surface area contributed by atoms with Crippen molar-refractivity contribution in [3.05, 3.63) is 58.1 Å². The summed E-state index contributed by atoms with van der Waals surface area (Å²) in [5.74, 6) is -0.335. The van der Waals surface area contributed by atoms with Crippen LogP contribution in [0.5, 0.6) is 0 Å². The lowest BCUT2D eigenvalue weighted by atomic mass is 10.1. The second-order valence-electron chi connectivity index (χ2n) is 8.07. The maximum atomic E-state index is 12.9. The number of benzene rings is 2. The van der Waals surface area contributed by atoms with Crippen molar-refractivity contribution in [1.29, 1.82) is 0 Å². The smallest absolute Gasteiger partial charge is 0.293 e. The molecule has 8 heteroatoms. The van der Waals surface area contributed by atoms with E-state index in [0.29, 0.717) is 11.3 Å². The van der Waals surface area contributed by atoms with E-state index in [0.717, 1.165) is 63.5 Å². The van der Waals surface area contributed by atoms with Gasteiger partial charge in [0.2, 0.25) is 0 Å². The Balaban J connectivity index is 1.56. The minimum absolute atomic E-state index is 0.0140. The lowest BCUT2D eigenvalue weighted by Gasteiger charge is -2.33. The molecule has 4 rings (SSSR count). The molecule has 2 heterocycles. The van der Waals surface area contributed by atoms with E-state index in [1.54, 1.807) is 12.1 Å². The molecule has 2 fully saturated rings. The van der Waals surface area contributed by atoms with Gasteiger partial charge in [-0.1, -0.05) is 12.1 Å². The van der Waals surface area contributed by atoms with E-state index < -0.39 is 4.92 Å². The highest BCUT2D eigenvalue weighted by atomic mass is 16.6. The van der Waals surface area contributed by atoms with Gasteiger partial charge in [0, 0.05) is 24.7 Å². The molecule has 0 saturated carbocycles. The fourth-order valence-corrected chi connectivity index (χ4v) is 4.22. The number of para-hydroxylation sites is 2. The zero-order chi connectivity index (χ0) is 21.1. The Morgan fingerprint density at radius 2 is 1.67 bits per heavy atom. The Bertz CT molecular complexity index is 934. The molecule has 0 radical (unpaired) electrons. The summed E-state index contributed by atoms with van der Waals surface area (Å²) in [4.78, 5) is 30.0. The second kappa shape index (κ2) is 8.71. The normalized spacial score (nSPS) is 17.2. The van der Waals surface area contributed by atoms with Crippen LogP contribution in [-0.2, 0) is 0 Å². The van der Waals surface area contributed by atoms with Gasteiger partial charge in [-0.25, -0.2) is 0 Å². The molecule has 2 aliphatic heterocycles. The molecule has 1 amide bonds. The average Bonchev–Trinajstić information content (AvgIpc) is 3.29. The number of nitrogens with zero attached hydrogens (tertiary/aromatic N) is 3. The Labute approximate surface area is 176 Å². The van der Waals surface area contributed by atoms with Crippen LogP contribution in [0.3, 0.4) is 0 Å². The predicted octanol–water partition coefficient (Wildman–Crippen LogP) is 1.78. The van der Waals surface area contributed by atoms with Crippen LogP contribution >= 0.6 is 0 Å². The van der Waals surface area contributed by atoms with Crippen molar-refractivity contribution in [2.45, 2.75) is 12.8 Å². The number of piperazine rings is 1. The summed E-state index contributed by atoms with van der Waals surface area (Å²) in [6.07, 6.45) is 2.06. The molecular weight excluding hydrogens is 382 g/mol. The second-order valence-corrected chi connectivity index (χ2v) is 8.07. The van der Waals surface area contributed by atoms with Gasteiger partial charge in [0.1, 0.15) is 5.69 Å². The fraction of sp³-hybridized carbons (Fsp3) is 0.409. The molecule has 158 valence electrons. The van der Waals surface area contributed by atoms with Crippen LogP contribution in [0.1, 0.15) is 23.2 Å². The fourth-order valence-electron chi connectivity index (χ4n) is 4.22. The number of anilines is 3. The van der Waals surface area contributed by atoms with Crippen LogP contribution in [0.4, 0.5) is 22.7 Å². The third-order valence-corrected chi connectivity index (χ3v) is 5.99. The standard InChI is InChI=1S/C22H27N5O3/c1-24-12-14-26(15-13-24)19-7-3-2-6-18(19)23-22(28)17-8-9-20(21(16-17)27(29)30)25-10-4-5-11-25/h2-3,6-9,16H,4-5,10-15H2,1H3,(H,23,28)/p+1. The predicted molar refractivity (Wildman–Crippen MR) is 118 cm³/mol. The first kappa shape index (κ1) is 20.2. The lowest BCUT2D eigenvalue weighted by Crippen LogP contribution is -3.12. The molecule has 0 unspecified atom stereocenters. The molecule has 0 aliphatic carbocycles. The van der Waals surface area contributed by atoms with E-state index in [-0.39, 0.29) is 11.6 Å². The number of rotatable bonds is 5. The van der Waals surface area contributed by atoms with E-state index in [2.05, 4.69) is 17.3 Å². The number of nitro benzene ring substituents is 1. The summed E-state index contributed by atoms with van der Waals surface area (Å²) in [5, 5.41) is 14.6. The van der Waals surface area contributed by atoms with E-state index in [9.17, 15) is 14.9 Å². The number of amides is 1. The topological polar surface area (TPSA) is 83.2 Å². The Morgan fingerprint density at radius 1 is 1.00 bits per heavy atom. The Kier molecular flexibility index (Phi) is 5.85. The van der Waals surface area contributed by atoms with Crippen LogP contribution in [0, 0.1) is 10.1 Å². The van der Waals surface area contributed by atoms with Crippen molar-refractivity contribution >= 4 is 28.7 Å². The SMILES string of the molecule is C[NH+]1CCN(c2ccccc2NC(=O)c2ccc(N3CCCC3)c([N+](=O)[O-])c2)CC1. The van der Waals surface area contributed by atoms with Crippen molar-refractivity contribution in [1.82, 2.24) is 0 Å². The average molecular weight is 410 g/mol. The molecule has 30 heavy (non-hydrogen) atoms. The monoisotopic (exact) mass is 410 g/mol. The van der Waals surface area contributed by atoms with Gasteiger partial charge in [-0.3, -0.25) is 14.9 Å². The molecule has 2 saturated heterocycles. The lowest BCUT2D eigenvalue weighted by molar-refractivity contribution is -0.880. The van der Waals surface area contributed by atoms with Gasteiger partial charge >= 0.3 is 0 Å². The van der Waals surface area contributed by atoms with Gasteiger partial charge in [0.25, 0.3) is 11.6 Å². The van der Waals surface area contributed by atoms with Crippen LogP contribution in [0.15, 0.2) is 42.5 Å². The number of carbonyl (C=O) groups is 1. The highest BCUT2D eigenvalue weighted by Crippen LogP contribution is 2.32. The molecule has 2 aromatic carbocycles. The molecule has 0 bridgehead atoms. The third kappa shape index (κ3) is 4.23. The molecule has 2 aromatic rings. The van der Waals surface area contributed by atoms with Gasteiger partial charge in [-0.15, -0.1) is 0 Å². The van der Waals surface area contributed by atoms with E-state index in [1.807, 2.05) is 29.2 Å². The number of nitrogens with one attached hydrogen (secondary N) is 2. The molecular formula is C22H28N5O3+. The highest BCUT2D eigenvalue weighted by Gasteiger charge is 2.25. The Hall–Kier alpha value is -3.13. The minimum Gasteiger partial charge on any atom is -0.366 e. The van der Waals surface area contributed by atoms with Crippen molar-refractivity contribution in [3.8, 4) is 0 Å². The van der Waals surface area contributed by atoms with Gasteiger partial charge in [-0.05, 0) is 37.1 Å². The first-order valence-corrected chi connectivity index (χ1v) is 10.5. The minimum atomic E-state index is -0.398. The van der Waals surface area contributed by atoms with E-state index in [4.69, 9.17) is 0 Å². The van der Waals surface area contributed by atoms with Crippen LogP contribution in [-0.4, -0.2) is 57.1 Å². The number of hydrogen-bond acceptors (Lipinski definition) is 5. The largest absolute Gasteiger partial charge is 0.366 e. The molecule has 8 nitrogen and oxygen atoms in total. The van der Waals surface area contributed by atoms with Crippen molar-refractivity contribution < 1.29 is 14.6 Å².